The second-order valence-corrected chi connectivity index (χ2v) is 4.15. The first kappa shape index (κ1) is 12.1. The van der Waals surface area contributed by atoms with Crippen LogP contribution in [0.5, 0.6) is 0 Å². The summed E-state index contributed by atoms with van der Waals surface area (Å²) in [6.45, 7) is 5.93. The fourth-order valence-electron chi connectivity index (χ4n) is 1.14. The Morgan fingerprint density at radius 3 is 2.73 bits per heavy atom. The van der Waals surface area contributed by atoms with E-state index in [0.717, 1.165) is 12.0 Å². The molecule has 15 heavy (non-hydrogen) atoms. The quantitative estimate of drug-likeness (QED) is 0.841. The van der Waals surface area contributed by atoms with Crippen molar-refractivity contribution in [2.45, 2.75) is 33.2 Å². The number of nitrogens with one attached hydrogen (secondary N) is 1. The minimum atomic E-state index is -0.0637. The van der Waals surface area contributed by atoms with E-state index in [1.165, 1.54) is 0 Å². The predicted octanol–water partition coefficient (Wildman–Crippen LogP) is 3.18. The van der Waals surface area contributed by atoms with Gasteiger partial charge in [-0.3, -0.25) is 4.79 Å². The van der Waals surface area contributed by atoms with Crippen molar-refractivity contribution < 1.29 is 4.79 Å². The smallest absolute Gasteiger partial charge is 0.251 e. The van der Waals surface area contributed by atoms with Gasteiger partial charge in [-0.15, -0.1) is 0 Å². The predicted molar refractivity (Wildman–Crippen MR) is 63.4 cm³/mol. The molecule has 1 N–H and O–H groups in total. The van der Waals surface area contributed by atoms with Gasteiger partial charge >= 0.3 is 0 Å². The van der Waals surface area contributed by atoms with Gasteiger partial charge in [0.2, 0.25) is 0 Å². The van der Waals surface area contributed by atoms with Crippen LogP contribution in [0, 0.1) is 6.92 Å². The van der Waals surface area contributed by atoms with E-state index in [1.54, 1.807) is 12.1 Å². The lowest BCUT2D eigenvalue weighted by Crippen LogP contribution is -2.31. The van der Waals surface area contributed by atoms with Gasteiger partial charge in [0.1, 0.15) is 0 Å². The molecule has 82 valence electrons. The Morgan fingerprint density at radius 1 is 1.53 bits per heavy atom. The number of benzene rings is 1. The normalized spacial score (nSPS) is 12.3. The molecule has 0 fully saturated rings. The van der Waals surface area contributed by atoms with Crippen molar-refractivity contribution >= 4 is 17.5 Å². The highest BCUT2D eigenvalue weighted by atomic mass is 35.5. The molecule has 0 heterocycles. The Bertz CT molecular complexity index is 363. The molecule has 1 unspecified atom stereocenters. The molecule has 0 aliphatic carbocycles. The lowest BCUT2D eigenvalue weighted by molar-refractivity contribution is 0.0939. The summed E-state index contributed by atoms with van der Waals surface area (Å²) in [5.74, 6) is -0.0637. The van der Waals surface area contributed by atoms with Crippen LogP contribution in [0.4, 0.5) is 0 Å². The molecule has 1 aromatic rings. The molecule has 1 aromatic carbocycles. The van der Waals surface area contributed by atoms with Gasteiger partial charge in [-0.2, -0.15) is 0 Å². The Kier molecular flexibility index (Phi) is 4.15. The minimum absolute atomic E-state index is 0.0637. The molecule has 1 atom stereocenters. The topological polar surface area (TPSA) is 29.1 Å². The molecule has 0 aliphatic heterocycles. The SMILES string of the molecule is CCC(C)NC(=O)c1ccc(C)c(Cl)c1. The average Bonchev–Trinajstić information content (AvgIpc) is 2.21. The van der Waals surface area contributed by atoms with Gasteiger partial charge in [-0.25, -0.2) is 0 Å². The first-order chi connectivity index (χ1) is 7.04. The Hall–Kier alpha value is -1.02. The van der Waals surface area contributed by atoms with Crippen molar-refractivity contribution in [3.05, 3.63) is 34.3 Å². The van der Waals surface area contributed by atoms with Crippen molar-refractivity contribution in [2.75, 3.05) is 0 Å². The van der Waals surface area contributed by atoms with Crippen LogP contribution in [0.15, 0.2) is 18.2 Å². The molecule has 0 spiro atoms. The van der Waals surface area contributed by atoms with Gasteiger partial charge in [0.25, 0.3) is 5.91 Å². The number of aryl methyl sites for hydroxylation is 1. The number of halogens is 1. The molecule has 0 saturated carbocycles. The van der Waals surface area contributed by atoms with Crippen LogP contribution in [0.25, 0.3) is 0 Å². The number of hydrogen-bond acceptors (Lipinski definition) is 1. The van der Waals surface area contributed by atoms with Gasteiger partial charge in [0.15, 0.2) is 0 Å². The van der Waals surface area contributed by atoms with Crippen molar-refractivity contribution in [1.29, 1.82) is 0 Å². The largest absolute Gasteiger partial charge is 0.350 e. The van der Waals surface area contributed by atoms with E-state index in [0.29, 0.717) is 10.6 Å². The van der Waals surface area contributed by atoms with E-state index in [2.05, 4.69) is 5.32 Å². The van der Waals surface area contributed by atoms with E-state index in [4.69, 9.17) is 11.6 Å². The highest BCUT2D eigenvalue weighted by molar-refractivity contribution is 6.31. The van der Waals surface area contributed by atoms with Crippen LogP contribution in [0.2, 0.25) is 5.02 Å². The van der Waals surface area contributed by atoms with E-state index < -0.39 is 0 Å². The summed E-state index contributed by atoms with van der Waals surface area (Å²) in [6.07, 6.45) is 0.922. The van der Waals surface area contributed by atoms with Gasteiger partial charge in [0.05, 0.1) is 0 Å². The van der Waals surface area contributed by atoms with E-state index in [1.807, 2.05) is 26.8 Å². The summed E-state index contributed by atoms with van der Waals surface area (Å²) in [5, 5.41) is 3.53. The molecule has 0 aliphatic rings. The molecule has 2 nitrogen and oxygen atoms in total. The van der Waals surface area contributed by atoms with Crippen LogP contribution < -0.4 is 5.32 Å². The third-order valence-electron chi connectivity index (χ3n) is 2.42. The summed E-state index contributed by atoms with van der Waals surface area (Å²) < 4.78 is 0. The average molecular weight is 226 g/mol. The zero-order valence-corrected chi connectivity index (χ0v) is 10.1. The van der Waals surface area contributed by atoms with Crippen molar-refractivity contribution in [3.63, 3.8) is 0 Å². The summed E-state index contributed by atoms with van der Waals surface area (Å²) in [4.78, 5) is 11.7. The van der Waals surface area contributed by atoms with Crippen molar-refractivity contribution in [1.82, 2.24) is 5.32 Å². The first-order valence-corrected chi connectivity index (χ1v) is 5.49. The highest BCUT2D eigenvalue weighted by Gasteiger charge is 2.09. The van der Waals surface area contributed by atoms with Gasteiger partial charge < -0.3 is 5.32 Å². The third-order valence-corrected chi connectivity index (χ3v) is 2.83. The molecule has 1 amide bonds. The number of amides is 1. The van der Waals surface area contributed by atoms with Crippen molar-refractivity contribution in [3.8, 4) is 0 Å². The molecular weight excluding hydrogens is 210 g/mol. The second kappa shape index (κ2) is 5.17. The Labute approximate surface area is 95.6 Å². The number of hydrogen-bond donors (Lipinski definition) is 1. The van der Waals surface area contributed by atoms with Crippen LogP contribution in [0.3, 0.4) is 0 Å². The van der Waals surface area contributed by atoms with Gasteiger partial charge in [-0.1, -0.05) is 24.6 Å². The standard InChI is InChI=1S/C12H16ClNO/c1-4-9(3)14-12(15)10-6-5-8(2)11(13)7-10/h5-7,9H,4H2,1-3H3,(H,14,15). The number of carbonyl (C=O) groups is 1. The Morgan fingerprint density at radius 2 is 2.20 bits per heavy atom. The summed E-state index contributed by atoms with van der Waals surface area (Å²) in [5.41, 5.74) is 1.60. The molecular formula is C12H16ClNO. The zero-order valence-electron chi connectivity index (χ0n) is 9.30. The zero-order chi connectivity index (χ0) is 11.4. The van der Waals surface area contributed by atoms with Crippen LogP contribution in [-0.4, -0.2) is 11.9 Å². The highest BCUT2D eigenvalue weighted by Crippen LogP contribution is 2.16. The maximum atomic E-state index is 11.7. The van der Waals surface area contributed by atoms with Crippen molar-refractivity contribution in [2.24, 2.45) is 0 Å². The van der Waals surface area contributed by atoms with Crippen LogP contribution in [-0.2, 0) is 0 Å². The molecule has 0 aromatic heterocycles. The van der Waals surface area contributed by atoms with Crippen LogP contribution in [0.1, 0.15) is 36.2 Å². The summed E-state index contributed by atoms with van der Waals surface area (Å²) in [6, 6.07) is 5.54. The molecule has 0 saturated heterocycles. The van der Waals surface area contributed by atoms with Gasteiger partial charge in [0, 0.05) is 16.6 Å². The maximum absolute atomic E-state index is 11.7. The summed E-state index contributed by atoms with van der Waals surface area (Å²) >= 11 is 5.95. The fraction of sp³-hybridized carbons (Fsp3) is 0.417. The summed E-state index contributed by atoms with van der Waals surface area (Å²) in [7, 11) is 0. The van der Waals surface area contributed by atoms with E-state index >= 15 is 0 Å². The molecule has 0 bridgehead atoms. The van der Waals surface area contributed by atoms with E-state index in [9.17, 15) is 4.79 Å². The van der Waals surface area contributed by atoms with Gasteiger partial charge in [-0.05, 0) is 38.0 Å². The number of carbonyl (C=O) groups excluding carboxylic acids is 1. The first-order valence-electron chi connectivity index (χ1n) is 5.11. The molecule has 3 heteroatoms. The lowest BCUT2D eigenvalue weighted by atomic mass is 10.1. The molecule has 1 rings (SSSR count). The monoisotopic (exact) mass is 225 g/mol. The van der Waals surface area contributed by atoms with E-state index in [-0.39, 0.29) is 11.9 Å². The number of rotatable bonds is 3. The second-order valence-electron chi connectivity index (χ2n) is 3.75. The minimum Gasteiger partial charge on any atom is -0.350 e. The fourth-order valence-corrected chi connectivity index (χ4v) is 1.32. The lowest BCUT2D eigenvalue weighted by Gasteiger charge is -2.11. The van der Waals surface area contributed by atoms with Crippen LogP contribution >= 0.6 is 11.6 Å². The Balaban J connectivity index is 2.78. The molecule has 0 radical (unpaired) electrons. The maximum Gasteiger partial charge on any atom is 0.251 e. The third kappa shape index (κ3) is 3.24.